The van der Waals surface area contributed by atoms with Crippen molar-refractivity contribution in [2.24, 2.45) is 0 Å². The van der Waals surface area contributed by atoms with Crippen LogP contribution < -0.4 is 0 Å². The predicted octanol–water partition coefficient (Wildman–Crippen LogP) is 6.59. The Morgan fingerprint density at radius 3 is 2.24 bits per heavy atom. The molecule has 0 aliphatic rings. The Labute approximate surface area is 216 Å². The maximum Gasteiger partial charge on any atom is 0.433 e. The van der Waals surface area contributed by atoms with Gasteiger partial charge in [-0.3, -0.25) is 4.79 Å². The molecule has 1 heterocycles. The van der Waals surface area contributed by atoms with Gasteiger partial charge in [0.05, 0.1) is 16.5 Å². The van der Waals surface area contributed by atoms with Gasteiger partial charge in [-0.1, -0.05) is 36.7 Å². The molecule has 0 N–H and O–H groups in total. The zero-order valence-electron chi connectivity index (χ0n) is 19.9. The quantitative estimate of drug-likeness (QED) is 0.277. The maximum absolute atomic E-state index is 14.5. The number of hydrogen-bond donors (Lipinski definition) is 0. The van der Waals surface area contributed by atoms with Crippen molar-refractivity contribution in [2.45, 2.75) is 38.3 Å². The molecule has 0 saturated carbocycles. The molecule has 0 aliphatic carbocycles. The van der Waals surface area contributed by atoms with E-state index in [1.54, 1.807) is 13.0 Å². The SMILES string of the molecule is CC(C(=O)CCc1ccc(C(F)(F)F)nc1-c1ccc(F)c(Cl)c1)c1ccc(CCS(C)(=O)=O)c(F)c1. The van der Waals surface area contributed by atoms with Gasteiger partial charge in [0, 0.05) is 24.2 Å². The van der Waals surface area contributed by atoms with E-state index < -0.39 is 39.3 Å². The van der Waals surface area contributed by atoms with Crippen LogP contribution in [-0.2, 0) is 33.6 Å². The first kappa shape index (κ1) is 28.7. The number of nitrogens with zero attached hydrogens (tertiary/aromatic N) is 1. The van der Waals surface area contributed by atoms with Gasteiger partial charge in [-0.05, 0) is 59.9 Å². The molecule has 4 nitrogen and oxygen atoms in total. The van der Waals surface area contributed by atoms with Crippen LogP contribution in [0.25, 0.3) is 11.3 Å². The number of carbonyl (C=O) groups excluding carboxylic acids is 1. The standard InChI is InChI=1S/C26H23ClF5NO3S/c1-15(18-4-3-16(22(29)14-18)11-12-37(2,35)36)23(34)9-6-17-7-10-24(26(30,31)32)33-25(17)19-5-8-21(28)20(27)13-19/h3-5,7-8,10,13-15H,6,9,11-12H2,1-2H3. The van der Waals surface area contributed by atoms with Crippen molar-refractivity contribution >= 4 is 27.2 Å². The number of ketones is 1. The first-order chi connectivity index (χ1) is 17.2. The molecule has 0 spiro atoms. The number of hydrogen-bond acceptors (Lipinski definition) is 4. The van der Waals surface area contributed by atoms with E-state index in [9.17, 15) is 35.2 Å². The zero-order chi connectivity index (χ0) is 27.5. The van der Waals surface area contributed by atoms with Gasteiger partial charge < -0.3 is 0 Å². The largest absolute Gasteiger partial charge is 0.433 e. The van der Waals surface area contributed by atoms with E-state index in [0.29, 0.717) is 11.1 Å². The van der Waals surface area contributed by atoms with E-state index in [1.807, 2.05) is 0 Å². The van der Waals surface area contributed by atoms with E-state index in [1.165, 1.54) is 30.3 Å². The Hall–Kier alpha value is -2.85. The second-order valence-corrected chi connectivity index (χ2v) is 11.4. The number of pyridine rings is 1. The van der Waals surface area contributed by atoms with Gasteiger partial charge >= 0.3 is 6.18 Å². The lowest BCUT2D eigenvalue weighted by atomic mass is 9.91. The summed E-state index contributed by atoms with van der Waals surface area (Å²) in [5.41, 5.74) is -0.108. The second-order valence-electron chi connectivity index (χ2n) is 8.75. The van der Waals surface area contributed by atoms with Crippen molar-refractivity contribution in [1.82, 2.24) is 4.98 Å². The number of Topliss-reactive ketones (excluding diaryl/α,β-unsaturated/α-hetero) is 1. The molecule has 1 unspecified atom stereocenters. The molecule has 11 heteroatoms. The van der Waals surface area contributed by atoms with Gasteiger partial charge in [0.2, 0.25) is 0 Å². The molecule has 0 fully saturated rings. The molecule has 0 bridgehead atoms. The van der Waals surface area contributed by atoms with E-state index in [0.717, 1.165) is 18.4 Å². The van der Waals surface area contributed by atoms with E-state index in [-0.39, 0.29) is 52.6 Å². The van der Waals surface area contributed by atoms with Crippen LogP contribution in [0.4, 0.5) is 22.0 Å². The van der Waals surface area contributed by atoms with Crippen LogP contribution in [0.3, 0.4) is 0 Å². The summed E-state index contributed by atoms with van der Waals surface area (Å²) in [6, 6.07) is 9.65. The molecule has 3 aromatic rings. The van der Waals surface area contributed by atoms with Crippen LogP contribution in [0.1, 0.15) is 41.6 Å². The van der Waals surface area contributed by atoms with Crippen molar-refractivity contribution in [3.63, 3.8) is 0 Å². The minimum absolute atomic E-state index is 0.00434. The minimum atomic E-state index is -4.71. The van der Waals surface area contributed by atoms with E-state index in [4.69, 9.17) is 11.6 Å². The highest BCUT2D eigenvalue weighted by Gasteiger charge is 2.33. The number of benzene rings is 2. The normalized spacial score (nSPS) is 13.0. The molecule has 1 atom stereocenters. The fourth-order valence-electron chi connectivity index (χ4n) is 3.73. The molecule has 0 saturated heterocycles. The number of alkyl halides is 3. The molecule has 1 aromatic heterocycles. The zero-order valence-corrected chi connectivity index (χ0v) is 21.4. The predicted molar refractivity (Wildman–Crippen MR) is 131 cm³/mol. The highest BCUT2D eigenvalue weighted by molar-refractivity contribution is 7.90. The van der Waals surface area contributed by atoms with Gasteiger partial charge in [-0.15, -0.1) is 0 Å². The number of aryl methyl sites for hydroxylation is 2. The molecule has 3 rings (SSSR count). The summed E-state index contributed by atoms with van der Waals surface area (Å²) in [5.74, 6) is -2.57. The lowest BCUT2D eigenvalue weighted by molar-refractivity contribution is -0.141. The molecular weight excluding hydrogens is 537 g/mol. The summed E-state index contributed by atoms with van der Waals surface area (Å²) < 4.78 is 90.6. The molecule has 198 valence electrons. The lowest BCUT2D eigenvalue weighted by Gasteiger charge is -2.15. The molecule has 0 amide bonds. The molecule has 0 aliphatic heterocycles. The Bertz CT molecular complexity index is 1420. The summed E-state index contributed by atoms with van der Waals surface area (Å²) >= 11 is 5.81. The molecule has 0 radical (unpaired) electrons. The third-order valence-corrected chi connectivity index (χ3v) is 7.14. The van der Waals surface area contributed by atoms with Crippen molar-refractivity contribution < 1.29 is 35.2 Å². The number of rotatable bonds is 9. The summed E-state index contributed by atoms with van der Waals surface area (Å²) in [6.45, 7) is 1.58. The highest BCUT2D eigenvalue weighted by atomic mass is 35.5. The number of aromatic nitrogens is 1. The topological polar surface area (TPSA) is 64.1 Å². The summed E-state index contributed by atoms with van der Waals surface area (Å²) in [7, 11) is -3.27. The highest BCUT2D eigenvalue weighted by Crippen LogP contribution is 2.33. The summed E-state index contributed by atoms with van der Waals surface area (Å²) in [6.07, 6.45) is -3.69. The van der Waals surface area contributed by atoms with E-state index in [2.05, 4.69) is 4.98 Å². The second kappa shape index (κ2) is 11.3. The van der Waals surface area contributed by atoms with Gasteiger partial charge in [0.15, 0.2) is 0 Å². The van der Waals surface area contributed by atoms with Crippen molar-refractivity contribution in [3.05, 3.63) is 87.6 Å². The molecule has 2 aromatic carbocycles. The lowest BCUT2D eigenvalue weighted by Crippen LogP contribution is -2.13. The summed E-state index contributed by atoms with van der Waals surface area (Å²) in [4.78, 5) is 16.6. The van der Waals surface area contributed by atoms with E-state index >= 15 is 0 Å². The third kappa shape index (κ3) is 7.58. The molecular formula is C26H23ClF5NO3S. The monoisotopic (exact) mass is 559 g/mol. The Morgan fingerprint density at radius 2 is 1.65 bits per heavy atom. The Morgan fingerprint density at radius 1 is 0.973 bits per heavy atom. The molecule has 37 heavy (non-hydrogen) atoms. The Balaban J connectivity index is 1.81. The fraction of sp³-hybridized carbons (Fsp3) is 0.308. The fourth-order valence-corrected chi connectivity index (χ4v) is 4.50. The van der Waals surface area contributed by atoms with Crippen LogP contribution in [0, 0.1) is 11.6 Å². The smallest absolute Gasteiger partial charge is 0.299 e. The van der Waals surface area contributed by atoms with Gasteiger partial charge in [0.25, 0.3) is 0 Å². The van der Waals surface area contributed by atoms with Gasteiger partial charge in [0.1, 0.15) is 32.9 Å². The Kier molecular flexibility index (Phi) is 8.74. The number of halogens is 6. The first-order valence-corrected chi connectivity index (χ1v) is 13.6. The average molecular weight is 560 g/mol. The summed E-state index contributed by atoms with van der Waals surface area (Å²) in [5, 5.41) is -0.283. The maximum atomic E-state index is 14.5. The van der Waals surface area contributed by atoms with Crippen molar-refractivity contribution in [1.29, 1.82) is 0 Å². The van der Waals surface area contributed by atoms with Crippen LogP contribution in [-0.4, -0.2) is 31.2 Å². The average Bonchev–Trinajstić information content (AvgIpc) is 2.81. The third-order valence-electron chi connectivity index (χ3n) is 5.91. The number of carbonyl (C=O) groups is 1. The van der Waals surface area contributed by atoms with Crippen LogP contribution in [0.5, 0.6) is 0 Å². The van der Waals surface area contributed by atoms with Gasteiger partial charge in [-0.25, -0.2) is 22.2 Å². The first-order valence-electron chi connectivity index (χ1n) is 11.2. The number of sulfone groups is 1. The van der Waals surface area contributed by atoms with Gasteiger partial charge in [-0.2, -0.15) is 13.2 Å². The van der Waals surface area contributed by atoms with Crippen LogP contribution in [0.2, 0.25) is 5.02 Å². The van der Waals surface area contributed by atoms with Crippen molar-refractivity contribution in [2.75, 3.05) is 12.0 Å². The minimum Gasteiger partial charge on any atom is -0.299 e. The van der Waals surface area contributed by atoms with Crippen LogP contribution in [0.15, 0.2) is 48.5 Å². The van der Waals surface area contributed by atoms with Crippen LogP contribution >= 0.6 is 11.6 Å². The van der Waals surface area contributed by atoms with Crippen molar-refractivity contribution in [3.8, 4) is 11.3 Å².